The second-order valence-electron chi connectivity index (χ2n) is 8.20. The van der Waals surface area contributed by atoms with E-state index in [0.29, 0.717) is 5.56 Å². The predicted octanol–water partition coefficient (Wildman–Crippen LogP) is 5.33. The molecule has 0 aliphatic carbocycles. The third-order valence-corrected chi connectivity index (χ3v) is 4.96. The third kappa shape index (κ3) is 9.66. The second-order valence-corrected chi connectivity index (χ2v) is 9.05. The van der Waals surface area contributed by atoms with Crippen molar-refractivity contribution in [1.29, 1.82) is 0 Å². The number of ether oxygens (including phenoxy) is 4. The molecule has 0 heterocycles. The topological polar surface area (TPSA) is 100 Å². The molecule has 0 aliphatic rings. The molecule has 0 bridgehead atoms. The number of rotatable bonds is 9. The van der Waals surface area contributed by atoms with E-state index in [-0.39, 0.29) is 25.4 Å². The van der Waals surface area contributed by atoms with Gasteiger partial charge >= 0.3 is 18.2 Å². The number of carbonyl (C=O) groups is 3. The molecule has 0 aliphatic heterocycles. The van der Waals surface area contributed by atoms with Crippen LogP contribution in [-0.4, -0.2) is 36.5 Å². The molecule has 2 rings (SSSR count). The molecule has 0 fully saturated rings. The van der Waals surface area contributed by atoms with Crippen molar-refractivity contribution in [3.63, 3.8) is 0 Å². The minimum atomic E-state index is -0.976. The first kappa shape index (κ1) is 26.9. The van der Waals surface area contributed by atoms with Crippen molar-refractivity contribution in [3.8, 4) is 5.75 Å². The Hall–Kier alpha value is -3.33. The molecule has 8 nitrogen and oxygen atoms in total. The number of alkyl carbamates (subject to hydrolysis) is 1. The van der Waals surface area contributed by atoms with E-state index in [9.17, 15) is 14.4 Å². The predicted molar refractivity (Wildman–Crippen MR) is 129 cm³/mol. The van der Waals surface area contributed by atoms with Gasteiger partial charge in [-0.25, -0.2) is 14.4 Å². The van der Waals surface area contributed by atoms with Crippen molar-refractivity contribution in [1.82, 2.24) is 5.32 Å². The SMILES string of the molecule is C=CCOC(=O)[C@H](Cc1ccc(OC(=O)OCc2ccccc2Br)cc1)NC(=O)OC(C)(C)C. The first-order chi connectivity index (χ1) is 16.1. The Kier molecular flexibility index (Phi) is 10.1. The summed E-state index contributed by atoms with van der Waals surface area (Å²) in [5.41, 5.74) is 0.788. The van der Waals surface area contributed by atoms with Crippen LogP contribution in [0.3, 0.4) is 0 Å². The molecule has 1 amide bonds. The highest BCUT2D eigenvalue weighted by Crippen LogP contribution is 2.18. The van der Waals surface area contributed by atoms with Crippen LogP contribution in [0.15, 0.2) is 65.7 Å². The quantitative estimate of drug-likeness (QED) is 0.201. The van der Waals surface area contributed by atoms with Crippen LogP contribution in [0.4, 0.5) is 9.59 Å². The van der Waals surface area contributed by atoms with Crippen LogP contribution in [0.2, 0.25) is 0 Å². The van der Waals surface area contributed by atoms with Crippen LogP contribution in [0, 0.1) is 0 Å². The number of benzene rings is 2. The summed E-state index contributed by atoms with van der Waals surface area (Å²) in [7, 11) is 0. The van der Waals surface area contributed by atoms with E-state index in [0.717, 1.165) is 10.0 Å². The number of amides is 1. The Morgan fingerprint density at radius 1 is 1.06 bits per heavy atom. The number of esters is 1. The van der Waals surface area contributed by atoms with E-state index in [2.05, 4.69) is 27.8 Å². The maximum Gasteiger partial charge on any atom is 0.514 e. The fraction of sp³-hybridized carbons (Fsp3) is 0.320. The van der Waals surface area contributed by atoms with Gasteiger partial charge in [0.25, 0.3) is 0 Å². The summed E-state index contributed by atoms with van der Waals surface area (Å²) in [5.74, 6) is -0.353. The Morgan fingerprint density at radius 3 is 2.35 bits per heavy atom. The second kappa shape index (κ2) is 12.8. The zero-order chi connectivity index (χ0) is 25.1. The Labute approximate surface area is 207 Å². The normalized spacial score (nSPS) is 11.6. The molecule has 2 aromatic carbocycles. The standard InChI is InChI=1S/C25H28BrNO7/c1-5-14-31-22(28)21(27-23(29)34-25(2,3)4)15-17-10-12-19(13-11-17)33-24(30)32-16-18-8-6-7-9-20(18)26/h5-13,21H,1,14-16H2,2-4H3,(H,27,29)/t21-/m0/s1. The van der Waals surface area contributed by atoms with Crippen molar-refractivity contribution >= 4 is 34.1 Å². The largest absolute Gasteiger partial charge is 0.514 e. The Bertz CT molecular complexity index is 999. The molecular formula is C25H28BrNO7. The average molecular weight is 534 g/mol. The van der Waals surface area contributed by atoms with Crippen LogP contribution in [0.1, 0.15) is 31.9 Å². The Morgan fingerprint density at radius 2 is 1.74 bits per heavy atom. The summed E-state index contributed by atoms with van der Waals surface area (Å²) in [6.07, 6.45) is -0.00617. The van der Waals surface area contributed by atoms with Gasteiger partial charge in [0.1, 0.15) is 30.6 Å². The van der Waals surface area contributed by atoms with Crippen LogP contribution in [-0.2, 0) is 32.0 Å². The summed E-state index contributed by atoms with van der Waals surface area (Å²) in [6, 6.07) is 12.9. The lowest BCUT2D eigenvalue weighted by atomic mass is 10.1. The van der Waals surface area contributed by atoms with E-state index in [1.807, 2.05) is 24.3 Å². The van der Waals surface area contributed by atoms with Gasteiger partial charge in [0.15, 0.2) is 0 Å². The molecule has 0 spiro atoms. The number of hydrogen-bond acceptors (Lipinski definition) is 7. The number of hydrogen-bond donors (Lipinski definition) is 1. The molecule has 0 unspecified atom stereocenters. The molecule has 9 heteroatoms. The summed E-state index contributed by atoms with van der Waals surface area (Å²) < 4.78 is 21.5. The van der Waals surface area contributed by atoms with E-state index in [1.54, 1.807) is 45.0 Å². The van der Waals surface area contributed by atoms with Crippen molar-refractivity contribution in [3.05, 3.63) is 76.8 Å². The highest BCUT2D eigenvalue weighted by molar-refractivity contribution is 9.10. The molecule has 34 heavy (non-hydrogen) atoms. The third-order valence-electron chi connectivity index (χ3n) is 4.19. The van der Waals surface area contributed by atoms with Gasteiger partial charge in [-0.05, 0) is 44.5 Å². The maximum absolute atomic E-state index is 12.4. The summed E-state index contributed by atoms with van der Waals surface area (Å²) in [6.45, 7) is 8.75. The minimum absolute atomic E-state index is 0.0137. The molecule has 0 saturated heterocycles. The van der Waals surface area contributed by atoms with E-state index >= 15 is 0 Å². The van der Waals surface area contributed by atoms with Crippen LogP contribution in [0.25, 0.3) is 0 Å². The molecule has 1 atom stereocenters. The van der Waals surface area contributed by atoms with Gasteiger partial charge < -0.3 is 24.3 Å². The number of carbonyl (C=O) groups excluding carboxylic acids is 3. The summed E-state index contributed by atoms with van der Waals surface area (Å²) in [4.78, 5) is 36.6. The van der Waals surface area contributed by atoms with Gasteiger partial charge in [0, 0.05) is 16.5 Å². The van der Waals surface area contributed by atoms with Crippen molar-refractivity contribution in [2.45, 2.75) is 45.4 Å². The first-order valence-corrected chi connectivity index (χ1v) is 11.3. The van der Waals surface area contributed by atoms with Crippen molar-refractivity contribution in [2.24, 2.45) is 0 Å². The van der Waals surface area contributed by atoms with Crippen molar-refractivity contribution < 1.29 is 33.3 Å². The van der Waals surface area contributed by atoms with Gasteiger partial charge in [0.05, 0.1) is 0 Å². The molecular weight excluding hydrogens is 506 g/mol. The zero-order valence-electron chi connectivity index (χ0n) is 19.3. The van der Waals surface area contributed by atoms with Gasteiger partial charge in [-0.2, -0.15) is 0 Å². The van der Waals surface area contributed by atoms with Crippen LogP contribution < -0.4 is 10.1 Å². The zero-order valence-corrected chi connectivity index (χ0v) is 20.9. The van der Waals surface area contributed by atoms with E-state index in [4.69, 9.17) is 18.9 Å². The lowest BCUT2D eigenvalue weighted by molar-refractivity contribution is -0.144. The highest BCUT2D eigenvalue weighted by Gasteiger charge is 2.26. The van der Waals surface area contributed by atoms with Gasteiger partial charge in [0.2, 0.25) is 0 Å². The molecule has 182 valence electrons. The summed E-state index contributed by atoms with van der Waals surface area (Å²) >= 11 is 3.39. The first-order valence-electron chi connectivity index (χ1n) is 10.5. The van der Waals surface area contributed by atoms with E-state index in [1.165, 1.54) is 6.08 Å². The van der Waals surface area contributed by atoms with E-state index < -0.39 is 29.9 Å². The number of nitrogens with one attached hydrogen (secondary N) is 1. The average Bonchev–Trinajstić information content (AvgIpc) is 2.76. The van der Waals surface area contributed by atoms with Gasteiger partial charge in [-0.15, -0.1) is 0 Å². The molecule has 0 saturated carbocycles. The molecule has 0 aromatic heterocycles. The monoisotopic (exact) mass is 533 g/mol. The fourth-order valence-corrected chi connectivity index (χ4v) is 3.09. The molecule has 1 N–H and O–H groups in total. The number of halogens is 1. The lowest BCUT2D eigenvalue weighted by Crippen LogP contribution is -2.45. The summed E-state index contributed by atoms with van der Waals surface area (Å²) in [5, 5.41) is 2.54. The molecule has 0 radical (unpaired) electrons. The van der Waals surface area contributed by atoms with Gasteiger partial charge in [-0.3, -0.25) is 0 Å². The minimum Gasteiger partial charge on any atom is -0.460 e. The van der Waals surface area contributed by atoms with Crippen molar-refractivity contribution in [2.75, 3.05) is 6.61 Å². The fourth-order valence-electron chi connectivity index (χ4n) is 2.69. The smallest absolute Gasteiger partial charge is 0.460 e. The van der Waals surface area contributed by atoms with Crippen LogP contribution >= 0.6 is 15.9 Å². The lowest BCUT2D eigenvalue weighted by Gasteiger charge is -2.23. The van der Waals surface area contributed by atoms with Gasteiger partial charge in [-0.1, -0.05) is 58.9 Å². The van der Waals surface area contributed by atoms with Crippen LogP contribution in [0.5, 0.6) is 5.75 Å². The highest BCUT2D eigenvalue weighted by atomic mass is 79.9. The Balaban J connectivity index is 1.96. The molecule has 2 aromatic rings. The maximum atomic E-state index is 12.4.